The normalized spacial score (nSPS) is 10.8. The quantitative estimate of drug-likeness (QED) is 0.440. The third-order valence-corrected chi connectivity index (χ3v) is 4.84. The summed E-state index contributed by atoms with van der Waals surface area (Å²) in [6.45, 7) is 9.12. The number of amides is 1. The van der Waals surface area contributed by atoms with Crippen LogP contribution in [-0.4, -0.2) is 36.1 Å². The first-order valence-corrected chi connectivity index (χ1v) is 10.7. The van der Waals surface area contributed by atoms with Crippen molar-refractivity contribution in [3.63, 3.8) is 0 Å². The number of benzene rings is 2. The molecule has 5 nitrogen and oxygen atoms in total. The number of rotatable bonds is 11. The summed E-state index contributed by atoms with van der Waals surface area (Å²) in [5, 5.41) is 8.73. The Morgan fingerprint density at radius 3 is 2.00 bits per heavy atom. The number of carbonyl (C=O) groups excluding carboxylic acids is 1. The van der Waals surface area contributed by atoms with Gasteiger partial charge < -0.3 is 14.4 Å². The lowest BCUT2D eigenvalue weighted by Gasteiger charge is -2.30. The molecule has 1 amide bonds. The van der Waals surface area contributed by atoms with Gasteiger partial charge in [-0.2, -0.15) is 5.26 Å². The van der Waals surface area contributed by atoms with Crippen molar-refractivity contribution in [2.75, 3.05) is 13.2 Å². The molecule has 2 aromatic rings. The lowest BCUT2D eigenvalue weighted by atomic mass is 10.1. The van der Waals surface area contributed by atoms with Crippen LogP contribution in [0.25, 0.3) is 0 Å². The zero-order chi connectivity index (χ0) is 22.8. The molecule has 0 atom stereocenters. The van der Waals surface area contributed by atoms with E-state index in [9.17, 15) is 9.18 Å². The van der Waals surface area contributed by atoms with Gasteiger partial charge in [0.15, 0.2) is 0 Å². The largest absolute Gasteiger partial charge is 0.494 e. The number of carbonyl (C=O) groups is 1. The molecule has 166 valence electrons. The van der Waals surface area contributed by atoms with Gasteiger partial charge in [0.1, 0.15) is 23.4 Å². The second-order valence-electron chi connectivity index (χ2n) is 7.94. The van der Waals surface area contributed by atoms with Crippen molar-refractivity contribution in [2.24, 2.45) is 0 Å². The molecule has 0 aliphatic rings. The summed E-state index contributed by atoms with van der Waals surface area (Å²) in [6, 6.07) is 13.6. The van der Waals surface area contributed by atoms with Gasteiger partial charge in [-0.15, -0.1) is 0 Å². The smallest absolute Gasteiger partial charge is 0.254 e. The fraction of sp³-hybridized carbons (Fsp3) is 0.440. The van der Waals surface area contributed by atoms with E-state index in [1.165, 1.54) is 12.1 Å². The maximum atomic E-state index is 13.5. The molecule has 0 saturated heterocycles. The fourth-order valence-corrected chi connectivity index (χ4v) is 3.35. The van der Waals surface area contributed by atoms with Gasteiger partial charge in [0.05, 0.1) is 18.8 Å². The van der Waals surface area contributed by atoms with Gasteiger partial charge >= 0.3 is 0 Å². The number of nitrogens with zero attached hydrogens (tertiary/aromatic N) is 2. The summed E-state index contributed by atoms with van der Waals surface area (Å²) in [5.74, 6) is 0.623. The van der Waals surface area contributed by atoms with E-state index in [-0.39, 0.29) is 23.6 Å². The van der Waals surface area contributed by atoms with E-state index in [2.05, 4.69) is 0 Å². The van der Waals surface area contributed by atoms with Crippen molar-refractivity contribution in [3.05, 3.63) is 59.4 Å². The van der Waals surface area contributed by atoms with E-state index in [0.717, 1.165) is 25.0 Å². The summed E-state index contributed by atoms with van der Waals surface area (Å²) >= 11 is 0. The lowest BCUT2D eigenvalue weighted by molar-refractivity contribution is 0.0643. The van der Waals surface area contributed by atoms with Gasteiger partial charge in [-0.1, -0.05) is 0 Å². The van der Waals surface area contributed by atoms with Crippen LogP contribution in [0.15, 0.2) is 42.5 Å². The van der Waals surface area contributed by atoms with Gasteiger partial charge in [0.2, 0.25) is 0 Å². The lowest BCUT2D eigenvalue weighted by Crippen LogP contribution is -2.42. The van der Waals surface area contributed by atoms with E-state index in [0.29, 0.717) is 24.5 Å². The maximum Gasteiger partial charge on any atom is 0.254 e. The predicted molar refractivity (Wildman–Crippen MR) is 119 cm³/mol. The SMILES string of the molecule is CC(C)N(C(=O)c1ccc(OCCCCCOc2ccc(C#N)c(F)c2)cc1)C(C)C. The Kier molecular flexibility index (Phi) is 9.33. The summed E-state index contributed by atoms with van der Waals surface area (Å²) < 4.78 is 24.8. The van der Waals surface area contributed by atoms with Crippen molar-refractivity contribution >= 4 is 5.91 Å². The first-order chi connectivity index (χ1) is 14.8. The molecule has 0 aromatic heterocycles. The molecule has 2 aromatic carbocycles. The molecule has 0 aliphatic heterocycles. The topological polar surface area (TPSA) is 62.6 Å². The Bertz CT molecular complexity index is 881. The van der Waals surface area contributed by atoms with Crippen LogP contribution >= 0.6 is 0 Å². The molecule has 2 rings (SSSR count). The number of unbranched alkanes of at least 4 members (excludes halogenated alkanes) is 2. The molecular formula is C25H31FN2O3. The second kappa shape index (κ2) is 11.9. The number of halogens is 1. The highest BCUT2D eigenvalue weighted by atomic mass is 19.1. The Hall–Kier alpha value is -3.07. The Balaban J connectivity index is 1.68. The van der Waals surface area contributed by atoms with Crippen molar-refractivity contribution in [1.29, 1.82) is 5.26 Å². The van der Waals surface area contributed by atoms with E-state index in [1.807, 2.05) is 44.7 Å². The van der Waals surface area contributed by atoms with E-state index in [1.54, 1.807) is 24.3 Å². The number of hydrogen-bond acceptors (Lipinski definition) is 4. The van der Waals surface area contributed by atoms with Crippen LogP contribution in [0.1, 0.15) is 62.9 Å². The predicted octanol–water partition coefficient (Wildman–Crippen LogP) is 5.58. The Morgan fingerprint density at radius 2 is 1.48 bits per heavy atom. The van der Waals surface area contributed by atoms with Crippen LogP contribution in [0.4, 0.5) is 4.39 Å². The van der Waals surface area contributed by atoms with Crippen molar-refractivity contribution in [2.45, 2.75) is 59.0 Å². The van der Waals surface area contributed by atoms with Gasteiger partial charge in [-0.25, -0.2) is 4.39 Å². The van der Waals surface area contributed by atoms with E-state index >= 15 is 0 Å². The van der Waals surface area contributed by atoms with Gasteiger partial charge in [-0.3, -0.25) is 4.79 Å². The highest BCUT2D eigenvalue weighted by molar-refractivity contribution is 5.94. The minimum Gasteiger partial charge on any atom is -0.494 e. The molecule has 0 saturated carbocycles. The van der Waals surface area contributed by atoms with Crippen LogP contribution in [-0.2, 0) is 0 Å². The second-order valence-corrected chi connectivity index (χ2v) is 7.94. The molecular weight excluding hydrogens is 395 g/mol. The minimum atomic E-state index is -0.567. The van der Waals surface area contributed by atoms with Crippen LogP contribution in [0.5, 0.6) is 11.5 Å². The molecule has 0 unspecified atom stereocenters. The molecule has 0 radical (unpaired) electrons. The number of hydrogen-bond donors (Lipinski definition) is 0. The molecule has 0 spiro atoms. The first kappa shape index (κ1) is 24.2. The van der Waals surface area contributed by atoms with Gasteiger partial charge in [0.25, 0.3) is 5.91 Å². The standard InChI is InChI=1S/C25H31FN2O3/c1-18(2)28(19(3)4)25(29)20-8-11-22(12-9-20)30-14-6-5-7-15-31-23-13-10-21(17-27)24(26)16-23/h8-13,16,18-19H,5-7,14-15H2,1-4H3. The van der Waals surface area contributed by atoms with Crippen molar-refractivity contribution < 1.29 is 18.7 Å². The van der Waals surface area contributed by atoms with Crippen molar-refractivity contribution in [1.82, 2.24) is 4.90 Å². The summed E-state index contributed by atoms with van der Waals surface area (Å²) in [5.41, 5.74) is 0.671. The highest BCUT2D eigenvalue weighted by Crippen LogP contribution is 2.18. The molecule has 0 fully saturated rings. The molecule has 0 bridgehead atoms. The van der Waals surface area contributed by atoms with Gasteiger partial charge in [-0.05, 0) is 83.4 Å². The zero-order valence-corrected chi connectivity index (χ0v) is 18.7. The highest BCUT2D eigenvalue weighted by Gasteiger charge is 2.21. The van der Waals surface area contributed by atoms with Crippen LogP contribution < -0.4 is 9.47 Å². The molecule has 0 N–H and O–H groups in total. The first-order valence-electron chi connectivity index (χ1n) is 10.7. The van der Waals surface area contributed by atoms with Crippen LogP contribution in [0.2, 0.25) is 0 Å². The third-order valence-electron chi connectivity index (χ3n) is 4.84. The molecule has 31 heavy (non-hydrogen) atoms. The molecule has 6 heteroatoms. The molecule has 0 aliphatic carbocycles. The van der Waals surface area contributed by atoms with E-state index in [4.69, 9.17) is 14.7 Å². The number of nitriles is 1. The van der Waals surface area contributed by atoms with Crippen LogP contribution in [0.3, 0.4) is 0 Å². The monoisotopic (exact) mass is 426 g/mol. The van der Waals surface area contributed by atoms with Crippen LogP contribution in [0, 0.1) is 17.1 Å². The van der Waals surface area contributed by atoms with Crippen molar-refractivity contribution in [3.8, 4) is 17.6 Å². The minimum absolute atomic E-state index is 0.0130. The third kappa shape index (κ3) is 7.29. The summed E-state index contributed by atoms with van der Waals surface area (Å²) in [6.07, 6.45) is 2.59. The van der Waals surface area contributed by atoms with Gasteiger partial charge in [0, 0.05) is 23.7 Å². The molecule has 0 heterocycles. The Morgan fingerprint density at radius 1 is 0.935 bits per heavy atom. The Labute approximate surface area is 184 Å². The average Bonchev–Trinajstić information content (AvgIpc) is 2.73. The zero-order valence-electron chi connectivity index (χ0n) is 18.7. The summed E-state index contributed by atoms with van der Waals surface area (Å²) in [4.78, 5) is 14.6. The summed E-state index contributed by atoms with van der Waals surface area (Å²) in [7, 11) is 0. The maximum absolute atomic E-state index is 13.5. The number of ether oxygens (including phenoxy) is 2. The van der Waals surface area contributed by atoms with E-state index < -0.39 is 5.82 Å². The average molecular weight is 427 g/mol. The fourth-order valence-electron chi connectivity index (χ4n) is 3.35.